The zero-order chi connectivity index (χ0) is 19.7. The lowest BCUT2D eigenvalue weighted by atomic mass is 10.1. The van der Waals surface area contributed by atoms with E-state index in [1.165, 1.54) is 11.1 Å². The Balaban J connectivity index is 1.54. The topological polar surface area (TPSA) is 87.3 Å². The van der Waals surface area contributed by atoms with Crippen LogP contribution < -0.4 is 15.4 Å². The molecule has 28 heavy (non-hydrogen) atoms. The molecule has 0 radical (unpaired) electrons. The van der Waals surface area contributed by atoms with Gasteiger partial charge in [-0.15, -0.1) is 0 Å². The number of sulfonamides is 1. The van der Waals surface area contributed by atoms with Crippen LogP contribution in [0.1, 0.15) is 16.7 Å². The molecule has 1 aliphatic rings. The number of carbonyl (C=O) groups is 1. The summed E-state index contributed by atoms with van der Waals surface area (Å²) in [6.45, 7) is 0.172. The zero-order valence-corrected chi connectivity index (χ0v) is 16.3. The van der Waals surface area contributed by atoms with Gasteiger partial charge >= 0.3 is 6.03 Å². The minimum absolute atomic E-state index is 0.172. The monoisotopic (exact) mass is 395 g/mol. The van der Waals surface area contributed by atoms with E-state index < -0.39 is 10.0 Å². The Morgan fingerprint density at radius 2 is 1.68 bits per heavy atom. The van der Waals surface area contributed by atoms with Crippen molar-refractivity contribution in [2.75, 3.05) is 12.4 Å². The average Bonchev–Trinajstić information content (AvgIpc) is 3.12. The second-order valence-corrected chi connectivity index (χ2v) is 8.52. The fraction of sp³-hybridized carbons (Fsp3) is 0.190. The predicted octanol–water partition coefficient (Wildman–Crippen LogP) is 3.17. The van der Waals surface area contributed by atoms with Crippen LogP contribution in [0.2, 0.25) is 0 Å². The molecule has 0 unspecified atom stereocenters. The Kier molecular flexibility index (Phi) is 4.78. The fourth-order valence-corrected chi connectivity index (χ4v) is 4.83. The summed E-state index contributed by atoms with van der Waals surface area (Å²) in [5, 5.41) is 7.00. The molecule has 0 fully saturated rings. The van der Waals surface area contributed by atoms with E-state index in [-0.39, 0.29) is 12.6 Å². The van der Waals surface area contributed by atoms with Crippen molar-refractivity contribution in [2.24, 2.45) is 0 Å². The van der Waals surface area contributed by atoms with Crippen molar-refractivity contribution in [1.29, 1.82) is 0 Å². The lowest BCUT2D eigenvalue weighted by Gasteiger charge is -2.12. The van der Waals surface area contributed by atoms with Gasteiger partial charge in [0.05, 0.1) is 4.90 Å². The molecule has 1 aliphatic carbocycles. The third-order valence-corrected chi connectivity index (χ3v) is 6.49. The van der Waals surface area contributed by atoms with Crippen LogP contribution in [-0.2, 0) is 29.4 Å². The second kappa shape index (κ2) is 7.26. The van der Waals surface area contributed by atoms with Gasteiger partial charge in [-0.2, -0.15) is 0 Å². The number of carbonyl (C=O) groups excluding carboxylic acids is 1. The number of nitrogens with one attached hydrogen (secondary N) is 3. The number of benzene rings is 3. The highest BCUT2D eigenvalue weighted by Gasteiger charge is 2.22. The van der Waals surface area contributed by atoms with Crippen molar-refractivity contribution in [3.63, 3.8) is 0 Å². The van der Waals surface area contributed by atoms with Gasteiger partial charge < -0.3 is 10.6 Å². The minimum Gasteiger partial charge on any atom is -0.341 e. The Morgan fingerprint density at radius 3 is 2.39 bits per heavy atom. The standard InChI is InChI=1S/C21H21N3O3S/c1-22-21(25)24-17-10-5-14(6-11-17)13-23-28(26,27)19-12-9-16-8-7-15-3-2-4-18(19)20(15)16/h2-6,9-12,23H,7-8,13H2,1H3,(H2,22,24,25). The maximum absolute atomic E-state index is 12.9. The highest BCUT2D eigenvalue weighted by Crippen LogP contribution is 2.34. The minimum atomic E-state index is -3.65. The van der Waals surface area contributed by atoms with Crippen LogP contribution in [-0.4, -0.2) is 21.5 Å². The van der Waals surface area contributed by atoms with Gasteiger partial charge in [-0.1, -0.05) is 36.4 Å². The number of rotatable bonds is 5. The van der Waals surface area contributed by atoms with E-state index in [9.17, 15) is 13.2 Å². The van der Waals surface area contributed by atoms with E-state index in [0.29, 0.717) is 10.6 Å². The molecule has 0 aromatic heterocycles. The highest BCUT2D eigenvalue weighted by atomic mass is 32.2. The molecular weight excluding hydrogens is 374 g/mol. The third kappa shape index (κ3) is 3.46. The maximum atomic E-state index is 12.9. The summed E-state index contributed by atoms with van der Waals surface area (Å²) in [6.07, 6.45) is 1.92. The molecule has 3 N–H and O–H groups in total. The summed E-state index contributed by atoms with van der Waals surface area (Å²) in [4.78, 5) is 11.6. The van der Waals surface area contributed by atoms with E-state index >= 15 is 0 Å². The Bertz CT molecular complexity index is 1150. The largest absolute Gasteiger partial charge is 0.341 e. The van der Waals surface area contributed by atoms with Crippen LogP contribution in [0.25, 0.3) is 10.8 Å². The number of amides is 2. The molecule has 0 atom stereocenters. The first-order chi connectivity index (χ1) is 13.5. The van der Waals surface area contributed by atoms with Crippen molar-refractivity contribution in [1.82, 2.24) is 10.0 Å². The van der Waals surface area contributed by atoms with E-state index in [0.717, 1.165) is 29.2 Å². The fourth-order valence-electron chi connectivity index (χ4n) is 3.61. The van der Waals surface area contributed by atoms with Crippen LogP contribution in [0.15, 0.2) is 59.5 Å². The second-order valence-electron chi connectivity index (χ2n) is 6.79. The van der Waals surface area contributed by atoms with Crippen molar-refractivity contribution in [2.45, 2.75) is 24.3 Å². The SMILES string of the molecule is CNC(=O)Nc1ccc(CNS(=O)(=O)c2ccc3c4c(cccc24)CC3)cc1. The van der Waals surface area contributed by atoms with E-state index in [4.69, 9.17) is 0 Å². The number of hydrogen-bond donors (Lipinski definition) is 3. The van der Waals surface area contributed by atoms with Crippen molar-refractivity contribution in [3.8, 4) is 0 Å². The molecular formula is C21H21N3O3S. The summed E-state index contributed by atoms with van der Waals surface area (Å²) >= 11 is 0. The Hall–Kier alpha value is -2.90. The molecule has 144 valence electrons. The smallest absolute Gasteiger partial charge is 0.318 e. The summed E-state index contributed by atoms with van der Waals surface area (Å²) in [5.41, 5.74) is 3.86. The molecule has 0 bridgehead atoms. The van der Waals surface area contributed by atoms with E-state index in [1.807, 2.05) is 18.2 Å². The van der Waals surface area contributed by atoms with E-state index in [1.54, 1.807) is 37.4 Å². The number of anilines is 1. The molecule has 0 spiro atoms. The van der Waals surface area contributed by atoms with Gasteiger partial charge in [0.15, 0.2) is 0 Å². The number of urea groups is 1. The molecule has 0 saturated heterocycles. The van der Waals surface area contributed by atoms with E-state index in [2.05, 4.69) is 21.4 Å². The molecule has 2 amide bonds. The lowest BCUT2D eigenvalue weighted by molar-refractivity contribution is 0.254. The first-order valence-electron chi connectivity index (χ1n) is 9.09. The first kappa shape index (κ1) is 18.5. The normalized spacial score (nSPS) is 12.9. The van der Waals surface area contributed by atoms with Gasteiger partial charge in [-0.05, 0) is 53.1 Å². The lowest BCUT2D eigenvalue weighted by Crippen LogP contribution is -2.24. The maximum Gasteiger partial charge on any atom is 0.318 e. The van der Waals surface area contributed by atoms with Gasteiger partial charge in [-0.3, -0.25) is 0 Å². The van der Waals surface area contributed by atoms with Crippen LogP contribution in [0.3, 0.4) is 0 Å². The molecule has 0 aliphatic heterocycles. The molecule has 3 aromatic carbocycles. The summed E-state index contributed by atoms with van der Waals surface area (Å²) in [5.74, 6) is 0. The molecule has 4 rings (SSSR count). The van der Waals surface area contributed by atoms with Crippen molar-refractivity contribution < 1.29 is 13.2 Å². The van der Waals surface area contributed by atoms with Gasteiger partial charge in [0.1, 0.15) is 0 Å². The molecule has 0 saturated carbocycles. The summed E-state index contributed by atoms with van der Waals surface area (Å²) < 4.78 is 28.6. The predicted molar refractivity (Wildman–Crippen MR) is 110 cm³/mol. The highest BCUT2D eigenvalue weighted by molar-refractivity contribution is 7.89. The zero-order valence-electron chi connectivity index (χ0n) is 15.5. The molecule has 0 heterocycles. The van der Waals surface area contributed by atoms with Gasteiger partial charge in [-0.25, -0.2) is 17.9 Å². The molecule has 3 aromatic rings. The summed E-state index contributed by atoms with van der Waals surface area (Å²) in [6, 6.07) is 16.2. The van der Waals surface area contributed by atoms with Crippen molar-refractivity contribution in [3.05, 3.63) is 71.3 Å². The van der Waals surface area contributed by atoms with Gasteiger partial charge in [0.2, 0.25) is 10.0 Å². The van der Waals surface area contributed by atoms with Gasteiger partial charge in [0.25, 0.3) is 0 Å². The first-order valence-corrected chi connectivity index (χ1v) is 10.6. The van der Waals surface area contributed by atoms with Crippen LogP contribution >= 0.6 is 0 Å². The quantitative estimate of drug-likeness (QED) is 0.620. The molecule has 6 nitrogen and oxygen atoms in total. The van der Waals surface area contributed by atoms with Crippen molar-refractivity contribution >= 4 is 32.5 Å². The average molecular weight is 395 g/mol. The van der Waals surface area contributed by atoms with Crippen LogP contribution in [0, 0.1) is 0 Å². The molecule has 7 heteroatoms. The van der Waals surface area contributed by atoms with Crippen LogP contribution in [0.4, 0.5) is 10.5 Å². The Morgan fingerprint density at radius 1 is 0.964 bits per heavy atom. The van der Waals surface area contributed by atoms with Crippen LogP contribution in [0.5, 0.6) is 0 Å². The summed E-state index contributed by atoms with van der Waals surface area (Å²) in [7, 11) is -2.11. The van der Waals surface area contributed by atoms with Gasteiger partial charge in [0, 0.05) is 24.7 Å². The third-order valence-electron chi connectivity index (χ3n) is 5.03. The number of aryl methyl sites for hydroxylation is 2. The number of hydrogen-bond acceptors (Lipinski definition) is 3. The Labute approximate surface area is 164 Å².